The molecule has 0 aliphatic carbocycles. The molecular weight excluding hydrogens is 219 g/mol. The van der Waals surface area contributed by atoms with E-state index in [0.29, 0.717) is 0 Å². The third-order valence-corrected chi connectivity index (χ3v) is 2.48. The quantitative estimate of drug-likeness (QED) is 0.765. The van der Waals surface area contributed by atoms with Crippen molar-refractivity contribution in [3.8, 4) is 5.75 Å². The summed E-state index contributed by atoms with van der Waals surface area (Å²) in [6.45, 7) is 0.839. The third kappa shape index (κ3) is 2.88. The second-order valence-electron chi connectivity index (χ2n) is 3.68. The number of nitrogens with zero attached hydrogens (tertiary/aromatic N) is 1. The molecule has 0 spiro atoms. The molecule has 1 aliphatic rings. The fraction of sp³-hybridized carbons (Fsp3) is 0.455. The molecule has 0 bridgehead atoms. The van der Waals surface area contributed by atoms with E-state index in [2.05, 4.69) is 10.1 Å². The molecule has 5 heteroatoms. The molecule has 1 unspecified atom stereocenters. The lowest BCUT2D eigenvalue weighted by molar-refractivity contribution is -0.274. The smallest absolute Gasteiger partial charge is 0.406 e. The van der Waals surface area contributed by atoms with Gasteiger partial charge >= 0.3 is 6.36 Å². The van der Waals surface area contributed by atoms with Crippen molar-refractivity contribution in [2.24, 2.45) is 0 Å². The highest BCUT2D eigenvalue weighted by molar-refractivity contribution is 5.29. The summed E-state index contributed by atoms with van der Waals surface area (Å²) >= 11 is 0. The molecule has 1 heterocycles. The van der Waals surface area contributed by atoms with Crippen molar-refractivity contribution < 1.29 is 17.9 Å². The average molecular weight is 230 g/mol. The van der Waals surface area contributed by atoms with Crippen LogP contribution in [0, 0.1) is 0 Å². The standard InChI is InChI=1S/C11H11F3NO/c12-11(13,14)16-9-5-3-8(4-6-9)10-2-1-7-15-10/h3-6,10H,1-2,7H2. The van der Waals surface area contributed by atoms with Crippen molar-refractivity contribution in [2.45, 2.75) is 25.2 Å². The maximum absolute atomic E-state index is 11.9. The van der Waals surface area contributed by atoms with Crippen LogP contribution in [0.1, 0.15) is 24.4 Å². The zero-order chi connectivity index (χ0) is 11.6. The van der Waals surface area contributed by atoms with Crippen LogP contribution in [-0.2, 0) is 0 Å². The molecule has 87 valence electrons. The molecule has 16 heavy (non-hydrogen) atoms. The van der Waals surface area contributed by atoms with Gasteiger partial charge in [0.1, 0.15) is 5.75 Å². The Morgan fingerprint density at radius 1 is 1.19 bits per heavy atom. The van der Waals surface area contributed by atoms with Gasteiger partial charge in [-0.1, -0.05) is 12.1 Å². The number of alkyl halides is 3. The van der Waals surface area contributed by atoms with Crippen LogP contribution in [0.2, 0.25) is 0 Å². The Morgan fingerprint density at radius 3 is 2.38 bits per heavy atom. The lowest BCUT2D eigenvalue weighted by Crippen LogP contribution is -2.17. The van der Waals surface area contributed by atoms with Gasteiger partial charge in [0.25, 0.3) is 0 Å². The summed E-state index contributed by atoms with van der Waals surface area (Å²) in [7, 11) is 0. The maximum atomic E-state index is 11.9. The first kappa shape index (κ1) is 11.3. The molecule has 1 fully saturated rings. The predicted octanol–water partition coefficient (Wildman–Crippen LogP) is 3.02. The second-order valence-corrected chi connectivity index (χ2v) is 3.68. The highest BCUT2D eigenvalue weighted by Crippen LogP contribution is 2.28. The lowest BCUT2D eigenvalue weighted by Gasteiger charge is -2.11. The van der Waals surface area contributed by atoms with Gasteiger partial charge in [0.15, 0.2) is 0 Å². The van der Waals surface area contributed by atoms with Gasteiger partial charge in [-0.25, -0.2) is 5.32 Å². The number of benzene rings is 1. The van der Waals surface area contributed by atoms with Gasteiger partial charge in [0, 0.05) is 12.6 Å². The minimum Gasteiger partial charge on any atom is -0.406 e. The molecule has 1 atom stereocenters. The monoisotopic (exact) mass is 230 g/mol. The van der Waals surface area contributed by atoms with Gasteiger partial charge in [-0.05, 0) is 30.5 Å². The third-order valence-electron chi connectivity index (χ3n) is 2.48. The minimum atomic E-state index is -4.63. The number of hydrogen-bond donors (Lipinski definition) is 0. The normalized spacial score (nSPS) is 21.1. The first-order chi connectivity index (χ1) is 7.54. The molecule has 2 rings (SSSR count). The van der Waals surface area contributed by atoms with E-state index < -0.39 is 6.36 Å². The molecular formula is C11H11F3NO. The van der Waals surface area contributed by atoms with Gasteiger partial charge in [-0.15, -0.1) is 13.2 Å². The van der Waals surface area contributed by atoms with Crippen LogP contribution in [0.15, 0.2) is 24.3 Å². The molecule has 0 aromatic heterocycles. The van der Waals surface area contributed by atoms with Gasteiger partial charge in [-0.3, -0.25) is 0 Å². The van der Waals surface area contributed by atoms with Crippen LogP contribution >= 0.6 is 0 Å². The number of hydrogen-bond acceptors (Lipinski definition) is 1. The lowest BCUT2D eigenvalue weighted by atomic mass is 10.1. The summed E-state index contributed by atoms with van der Waals surface area (Å²) in [5.74, 6) is -0.186. The van der Waals surface area contributed by atoms with Crippen LogP contribution in [0.25, 0.3) is 0 Å². The highest BCUT2D eigenvalue weighted by Gasteiger charge is 2.31. The van der Waals surface area contributed by atoms with E-state index in [1.54, 1.807) is 12.1 Å². The fourth-order valence-electron chi connectivity index (χ4n) is 1.79. The van der Waals surface area contributed by atoms with Gasteiger partial charge in [-0.2, -0.15) is 0 Å². The maximum Gasteiger partial charge on any atom is 0.573 e. The van der Waals surface area contributed by atoms with Crippen LogP contribution in [0.3, 0.4) is 0 Å². The van der Waals surface area contributed by atoms with Crippen molar-refractivity contribution in [1.82, 2.24) is 5.32 Å². The van der Waals surface area contributed by atoms with E-state index in [9.17, 15) is 13.2 Å². The summed E-state index contributed by atoms with van der Waals surface area (Å²) in [6.07, 6.45) is -2.61. The van der Waals surface area contributed by atoms with E-state index in [1.165, 1.54) is 12.1 Å². The summed E-state index contributed by atoms with van der Waals surface area (Å²) in [6, 6.07) is 6.08. The van der Waals surface area contributed by atoms with Gasteiger partial charge < -0.3 is 4.74 Å². The van der Waals surface area contributed by atoms with E-state index in [0.717, 1.165) is 24.9 Å². The van der Waals surface area contributed by atoms with Gasteiger partial charge in [0.05, 0.1) is 0 Å². The zero-order valence-electron chi connectivity index (χ0n) is 8.50. The highest BCUT2D eigenvalue weighted by atomic mass is 19.4. The summed E-state index contributed by atoms with van der Waals surface area (Å²) < 4.78 is 39.5. The number of ether oxygens (including phenoxy) is 1. The molecule has 0 N–H and O–H groups in total. The van der Waals surface area contributed by atoms with Crippen molar-refractivity contribution in [3.63, 3.8) is 0 Å². The van der Waals surface area contributed by atoms with Crippen LogP contribution in [0.4, 0.5) is 13.2 Å². The van der Waals surface area contributed by atoms with Crippen molar-refractivity contribution in [2.75, 3.05) is 6.54 Å². The first-order valence-electron chi connectivity index (χ1n) is 5.07. The Kier molecular flexibility index (Phi) is 3.05. The van der Waals surface area contributed by atoms with E-state index in [4.69, 9.17) is 0 Å². The molecule has 1 aromatic carbocycles. The second kappa shape index (κ2) is 4.33. The van der Waals surface area contributed by atoms with Crippen LogP contribution < -0.4 is 10.1 Å². The molecule has 0 saturated carbocycles. The molecule has 1 aliphatic heterocycles. The fourth-order valence-corrected chi connectivity index (χ4v) is 1.79. The summed E-state index contributed by atoms with van der Waals surface area (Å²) in [5.41, 5.74) is 0.951. The number of halogens is 3. The average Bonchev–Trinajstić information content (AvgIpc) is 2.69. The molecule has 0 amide bonds. The van der Waals surface area contributed by atoms with E-state index >= 15 is 0 Å². The van der Waals surface area contributed by atoms with Crippen molar-refractivity contribution >= 4 is 0 Å². The zero-order valence-corrected chi connectivity index (χ0v) is 8.50. The first-order valence-corrected chi connectivity index (χ1v) is 5.07. The Morgan fingerprint density at radius 2 is 1.88 bits per heavy atom. The van der Waals surface area contributed by atoms with Crippen molar-refractivity contribution in [3.05, 3.63) is 29.8 Å². The Bertz CT molecular complexity index is 341. The Labute approximate surface area is 91.4 Å². The van der Waals surface area contributed by atoms with Crippen LogP contribution in [-0.4, -0.2) is 12.9 Å². The molecule has 1 radical (unpaired) electrons. The van der Waals surface area contributed by atoms with E-state index in [-0.39, 0.29) is 11.8 Å². The molecule has 1 aromatic rings. The minimum absolute atomic E-state index is 0.139. The number of rotatable bonds is 2. The van der Waals surface area contributed by atoms with Gasteiger partial charge in [0.2, 0.25) is 0 Å². The van der Waals surface area contributed by atoms with E-state index in [1.807, 2.05) is 0 Å². The summed E-state index contributed by atoms with van der Waals surface area (Å²) in [4.78, 5) is 0. The molecule has 1 saturated heterocycles. The molecule has 2 nitrogen and oxygen atoms in total. The Hall–Kier alpha value is -1.23. The largest absolute Gasteiger partial charge is 0.573 e. The summed E-state index contributed by atoms with van der Waals surface area (Å²) in [5, 5.41) is 4.35. The van der Waals surface area contributed by atoms with Crippen LogP contribution in [0.5, 0.6) is 5.75 Å². The SMILES string of the molecule is FC(F)(F)Oc1ccc(C2CCC[N]2)cc1. The van der Waals surface area contributed by atoms with Crippen molar-refractivity contribution in [1.29, 1.82) is 0 Å². The Balaban J connectivity index is 2.04. The topological polar surface area (TPSA) is 23.3 Å². The predicted molar refractivity (Wildman–Crippen MR) is 52.1 cm³/mol.